The molecule has 1 aromatic rings. The lowest BCUT2D eigenvalue weighted by Gasteiger charge is -2.37. The maximum atomic E-state index is 12.6. The number of nitrogens with zero attached hydrogens (tertiary/aromatic N) is 1. The highest BCUT2D eigenvalue weighted by Crippen LogP contribution is 2.25. The molecule has 1 aromatic carbocycles. The van der Waals surface area contributed by atoms with Crippen molar-refractivity contribution in [1.29, 1.82) is 0 Å². The number of anilines is 1. The van der Waals surface area contributed by atoms with Gasteiger partial charge in [-0.05, 0) is 25.1 Å². The van der Waals surface area contributed by atoms with Crippen LogP contribution in [-0.2, 0) is 14.3 Å². The highest BCUT2D eigenvalue weighted by atomic mass is 35.5. The molecule has 0 aromatic heterocycles. The van der Waals surface area contributed by atoms with Gasteiger partial charge in [0, 0.05) is 19.2 Å². The Bertz CT molecular complexity index is 663. The smallest absolute Gasteiger partial charge is 0.337 e. The Morgan fingerprint density at radius 1 is 1.39 bits per heavy atom. The van der Waals surface area contributed by atoms with Crippen LogP contribution in [0.15, 0.2) is 18.2 Å². The molecule has 1 fully saturated rings. The predicted octanol–water partition coefficient (Wildman–Crippen LogP) is 1.61. The van der Waals surface area contributed by atoms with Crippen LogP contribution < -0.4 is 5.32 Å². The van der Waals surface area contributed by atoms with E-state index < -0.39 is 17.5 Å². The van der Waals surface area contributed by atoms with E-state index in [4.69, 9.17) is 16.3 Å². The van der Waals surface area contributed by atoms with Gasteiger partial charge < -0.3 is 20.1 Å². The lowest BCUT2D eigenvalue weighted by molar-refractivity contribution is -0.171. The molecule has 0 saturated carbocycles. The summed E-state index contributed by atoms with van der Waals surface area (Å²) in [5.41, 5.74) is -0.803. The Balaban J connectivity index is 2.26. The summed E-state index contributed by atoms with van der Waals surface area (Å²) in [5.74, 6) is -1.80. The first kappa shape index (κ1) is 17.2. The summed E-state index contributed by atoms with van der Waals surface area (Å²) in [6.07, 6.45) is 0. The van der Waals surface area contributed by atoms with Gasteiger partial charge in [0.1, 0.15) is 0 Å². The fourth-order valence-corrected chi connectivity index (χ4v) is 2.51. The second kappa shape index (κ2) is 6.55. The van der Waals surface area contributed by atoms with Gasteiger partial charge in [-0.2, -0.15) is 0 Å². The van der Waals surface area contributed by atoms with Crippen LogP contribution in [0.4, 0.5) is 5.69 Å². The van der Waals surface area contributed by atoms with Crippen molar-refractivity contribution in [3.63, 3.8) is 0 Å². The monoisotopic (exact) mass is 340 g/mol. The van der Waals surface area contributed by atoms with E-state index in [9.17, 15) is 19.5 Å². The van der Waals surface area contributed by atoms with E-state index in [2.05, 4.69) is 5.32 Å². The molecule has 2 N–H and O–H groups in total. The third-order valence-corrected chi connectivity index (χ3v) is 3.86. The number of nitrogens with one attached hydrogen (secondary N) is 1. The summed E-state index contributed by atoms with van der Waals surface area (Å²) in [4.78, 5) is 36.4. The summed E-state index contributed by atoms with van der Waals surface area (Å²) in [6.45, 7) is 3.09. The molecule has 8 heteroatoms. The second-order valence-corrected chi connectivity index (χ2v) is 5.89. The molecule has 0 bridgehead atoms. The first-order valence-corrected chi connectivity index (χ1v) is 7.34. The number of hydrogen-bond donors (Lipinski definition) is 2. The van der Waals surface area contributed by atoms with E-state index in [1.807, 2.05) is 0 Å². The lowest BCUT2D eigenvalue weighted by Crippen LogP contribution is -2.56. The van der Waals surface area contributed by atoms with E-state index >= 15 is 0 Å². The van der Waals surface area contributed by atoms with E-state index in [-0.39, 0.29) is 36.2 Å². The van der Waals surface area contributed by atoms with Gasteiger partial charge in [-0.1, -0.05) is 11.6 Å². The fraction of sp³-hybridized carbons (Fsp3) is 0.400. The number of ether oxygens (including phenoxy) is 1. The summed E-state index contributed by atoms with van der Waals surface area (Å²) >= 11 is 6.07. The highest BCUT2D eigenvalue weighted by molar-refractivity contribution is 6.34. The molecule has 1 aliphatic heterocycles. The first-order valence-electron chi connectivity index (χ1n) is 6.97. The molecule has 124 valence electrons. The summed E-state index contributed by atoms with van der Waals surface area (Å²) in [5, 5.41) is 12.0. The van der Waals surface area contributed by atoms with Gasteiger partial charge in [-0.3, -0.25) is 9.59 Å². The number of rotatable bonds is 3. The SMILES string of the molecule is CC(=O)Nc1ccc(Cl)c(C(=O)N2CCOC(C)(C(=O)O)C2)c1. The van der Waals surface area contributed by atoms with Crippen LogP contribution in [0, 0.1) is 0 Å². The average Bonchev–Trinajstić information content (AvgIpc) is 2.48. The van der Waals surface area contributed by atoms with Gasteiger partial charge in [-0.15, -0.1) is 0 Å². The molecule has 0 spiro atoms. The molecule has 1 unspecified atom stereocenters. The van der Waals surface area contributed by atoms with E-state index in [1.165, 1.54) is 30.9 Å². The van der Waals surface area contributed by atoms with E-state index in [0.717, 1.165) is 0 Å². The molecule has 0 aliphatic carbocycles. The predicted molar refractivity (Wildman–Crippen MR) is 83.7 cm³/mol. The maximum absolute atomic E-state index is 12.6. The number of carbonyl (C=O) groups excluding carboxylic acids is 2. The van der Waals surface area contributed by atoms with Crippen molar-refractivity contribution in [2.75, 3.05) is 25.0 Å². The topological polar surface area (TPSA) is 95.9 Å². The Hall–Kier alpha value is -2.12. The quantitative estimate of drug-likeness (QED) is 0.871. The average molecular weight is 341 g/mol. The number of carboxylic acids is 1. The van der Waals surface area contributed by atoms with Crippen molar-refractivity contribution in [2.45, 2.75) is 19.4 Å². The molecular weight excluding hydrogens is 324 g/mol. The molecule has 1 heterocycles. The summed E-state index contributed by atoms with van der Waals surface area (Å²) < 4.78 is 5.27. The molecule has 7 nitrogen and oxygen atoms in total. The van der Waals surface area contributed by atoms with Crippen molar-refractivity contribution in [1.82, 2.24) is 4.90 Å². The van der Waals surface area contributed by atoms with Crippen molar-refractivity contribution in [2.24, 2.45) is 0 Å². The van der Waals surface area contributed by atoms with Gasteiger partial charge >= 0.3 is 5.97 Å². The number of aliphatic carboxylic acids is 1. The molecule has 23 heavy (non-hydrogen) atoms. The summed E-state index contributed by atoms with van der Waals surface area (Å²) in [7, 11) is 0. The highest BCUT2D eigenvalue weighted by Gasteiger charge is 2.41. The number of halogens is 1. The zero-order chi connectivity index (χ0) is 17.2. The van der Waals surface area contributed by atoms with Crippen LogP contribution in [0.1, 0.15) is 24.2 Å². The van der Waals surface area contributed by atoms with E-state index in [1.54, 1.807) is 6.07 Å². The van der Waals surface area contributed by atoms with Crippen LogP contribution in [0.25, 0.3) is 0 Å². The third-order valence-electron chi connectivity index (χ3n) is 3.53. The van der Waals surface area contributed by atoms with Gasteiger partial charge in [0.15, 0.2) is 5.60 Å². The molecule has 0 radical (unpaired) electrons. The standard InChI is InChI=1S/C15H17ClN2O5/c1-9(19)17-10-3-4-12(16)11(7-10)13(20)18-5-6-23-15(2,8-18)14(21)22/h3-4,7H,5-6,8H2,1-2H3,(H,17,19)(H,21,22). The second-order valence-electron chi connectivity index (χ2n) is 5.49. The normalized spacial score (nSPS) is 20.9. The van der Waals surface area contributed by atoms with Gasteiger partial charge in [0.2, 0.25) is 5.91 Å². The molecular formula is C15H17ClN2O5. The fourth-order valence-electron chi connectivity index (χ4n) is 2.31. The van der Waals surface area contributed by atoms with Crippen LogP contribution >= 0.6 is 11.6 Å². The zero-order valence-corrected chi connectivity index (χ0v) is 13.5. The van der Waals surface area contributed by atoms with Crippen molar-refractivity contribution in [3.8, 4) is 0 Å². The van der Waals surface area contributed by atoms with Gasteiger partial charge in [0.25, 0.3) is 5.91 Å². The number of morpholine rings is 1. The molecule has 2 rings (SSSR count). The Kier molecular flexibility index (Phi) is 4.91. The lowest BCUT2D eigenvalue weighted by atomic mass is 10.0. The summed E-state index contributed by atoms with van der Waals surface area (Å²) in [6, 6.07) is 4.57. The zero-order valence-electron chi connectivity index (χ0n) is 12.8. The number of hydrogen-bond acceptors (Lipinski definition) is 4. The van der Waals surface area contributed by atoms with Crippen molar-refractivity contribution < 1.29 is 24.2 Å². The molecule has 1 saturated heterocycles. The minimum absolute atomic E-state index is 0.0815. The van der Waals surface area contributed by atoms with Crippen LogP contribution in [0.5, 0.6) is 0 Å². The Morgan fingerprint density at radius 3 is 2.70 bits per heavy atom. The Morgan fingerprint density at radius 2 is 2.09 bits per heavy atom. The minimum Gasteiger partial charge on any atom is -0.479 e. The number of amides is 2. The number of benzene rings is 1. The van der Waals surface area contributed by atoms with E-state index in [0.29, 0.717) is 5.69 Å². The molecule has 1 aliphatic rings. The third kappa shape index (κ3) is 3.80. The van der Waals surface area contributed by atoms with Crippen LogP contribution in [-0.4, -0.2) is 53.1 Å². The number of carboxylic acid groups (broad SMARTS) is 1. The minimum atomic E-state index is -1.45. The van der Waals surface area contributed by atoms with Crippen LogP contribution in [0.2, 0.25) is 5.02 Å². The first-order chi connectivity index (χ1) is 10.7. The van der Waals surface area contributed by atoms with Gasteiger partial charge in [0.05, 0.1) is 23.7 Å². The van der Waals surface area contributed by atoms with Crippen LogP contribution in [0.3, 0.4) is 0 Å². The van der Waals surface area contributed by atoms with Crippen molar-refractivity contribution in [3.05, 3.63) is 28.8 Å². The number of carbonyl (C=O) groups is 3. The molecule has 2 amide bonds. The molecule has 1 atom stereocenters. The Labute approximate surface area is 138 Å². The van der Waals surface area contributed by atoms with Gasteiger partial charge in [-0.25, -0.2) is 4.79 Å². The van der Waals surface area contributed by atoms with Crippen molar-refractivity contribution >= 4 is 35.1 Å². The maximum Gasteiger partial charge on any atom is 0.337 e. The largest absolute Gasteiger partial charge is 0.479 e.